The van der Waals surface area contributed by atoms with Gasteiger partial charge in [0.05, 0.1) is 6.26 Å². The van der Waals surface area contributed by atoms with Gasteiger partial charge in [-0.25, -0.2) is 0 Å². The van der Waals surface area contributed by atoms with Crippen molar-refractivity contribution in [2.24, 2.45) is 5.73 Å². The summed E-state index contributed by atoms with van der Waals surface area (Å²) in [5.41, 5.74) is 6.38. The Labute approximate surface area is 96.4 Å². The minimum absolute atomic E-state index is 0.0492. The standard InChI is InChI=1S/C12H20N2O2/c1-9-10(5-6-16-9)8-14(4)11(15)7-12(2,3)13/h5-6H,7-8,13H2,1-4H3. The molecule has 4 heteroatoms. The van der Waals surface area contributed by atoms with Crippen LogP contribution in [-0.4, -0.2) is 23.4 Å². The zero-order valence-corrected chi connectivity index (χ0v) is 10.4. The molecule has 0 radical (unpaired) electrons. The van der Waals surface area contributed by atoms with E-state index in [-0.39, 0.29) is 5.91 Å². The molecule has 0 aliphatic heterocycles. The average molecular weight is 224 g/mol. The zero-order chi connectivity index (χ0) is 12.3. The summed E-state index contributed by atoms with van der Waals surface area (Å²) in [4.78, 5) is 13.5. The minimum Gasteiger partial charge on any atom is -0.469 e. The third-order valence-electron chi connectivity index (χ3n) is 2.41. The summed E-state index contributed by atoms with van der Waals surface area (Å²) >= 11 is 0. The molecular weight excluding hydrogens is 204 g/mol. The van der Waals surface area contributed by atoms with Crippen LogP contribution in [0.25, 0.3) is 0 Å². The van der Waals surface area contributed by atoms with Crippen LogP contribution in [0.15, 0.2) is 16.7 Å². The van der Waals surface area contributed by atoms with E-state index in [4.69, 9.17) is 10.2 Å². The number of nitrogens with two attached hydrogens (primary N) is 1. The van der Waals surface area contributed by atoms with Crippen molar-refractivity contribution >= 4 is 5.91 Å². The number of hydrogen-bond donors (Lipinski definition) is 1. The lowest BCUT2D eigenvalue weighted by Gasteiger charge is -2.23. The molecule has 1 rings (SSSR count). The Morgan fingerprint density at radius 3 is 2.62 bits per heavy atom. The number of carbonyl (C=O) groups is 1. The number of nitrogens with zero attached hydrogens (tertiary/aromatic N) is 1. The normalized spacial score (nSPS) is 11.6. The highest BCUT2D eigenvalue weighted by Gasteiger charge is 2.19. The molecule has 0 aromatic carbocycles. The van der Waals surface area contributed by atoms with E-state index in [0.717, 1.165) is 11.3 Å². The molecule has 0 saturated heterocycles. The van der Waals surface area contributed by atoms with Crippen LogP contribution in [0.1, 0.15) is 31.6 Å². The molecular formula is C12H20N2O2. The predicted octanol–water partition coefficient (Wildman–Crippen LogP) is 1.67. The largest absolute Gasteiger partial charge is 0.469 e. The second-order valence-corrected chi connectivity index (χ2v) is 4.92. The van der Waals surface area contributed by atoms with Crippen molar-refractivity contribution in [1.82, 2.24) is 4.90 Å². The van der Waals surface area contributed by atoms with Crippen molar-refractivity contribution < 1.29 is 9.21 Å². The maximum absolute atomic E-state index is 11.8. The van der Waals surface area contributed by atoms with Gasteiger partial charge in [0.15, 0.2) is 0 Å². The first-order valence-corrected chi connectivity index (χ1v) is 5.35. The number of hydrogen-bond acceptors (Lipinski definition) is 3. The van der Waals surface area contributed by atoms with Crippen LogP contribution >= 0.6 is 0 Å². The van der Waals surface area contributed by atoms with Gasteiger partial charge in [-0.3, -0.25) is 4.79 Å². The van der Waals surface area contributed by atoms with Gasteiger partial charge in [0.25, 0.3) is 0 Å². The molecule has 0 spiro atoms. The van der Waals surface area contributed by atoms with E-state index in [0.29, 0.717) is 13.0 Å². The Balaban J connectivity index is 2.56. The number of amides is 1. The van der Waals surface area contributed by atoms with Gasteiger partial charge in [0, 0.05) is 31.1 Å². The number of rotatable bonds is 4. The Morgan fingerprint density at radius 1 is 1.56 bits per heavy atom. The topological polar surface area (TPSA) is 59.5 Å². The van der Waals surface area contributed by atoms with Crippen LogP contribution in [0, 0.1) is 6.92 Å². The SMILES string of the molecule is Cc1occc1CN(C)C(=O)CC(C)(C)N. The van der Waals surface area contributed by atoms with E-state index in [2.05, 4.69) is 0 Å². The van der Waals surface area contributed by atoms with Crippen molar-refractivity contribution in [3.63, 3.8) is 0 Å². The van der Waals surface area contributed by atoms with E-state index in [1.807, 2.05) is 26.8 Å². The molecule has 0 bridgehead atoms. The van der Waals surface area contributed by atoms with Crippen LogP contribution < -0.4 is 5.73 Å². The quantitative estimate of drug-likeness (QED) is 0.846. The Hall–Kier alpha value is -1.29. The highest BCUT2D eigenvalue weighted by atomic mass is 16.3. The highest BCUT2D eigenvalue weighted by Crippen LogP contribution is 2.13. The fourth-order valence-electron chi connectivity index (χ4n) is 1.44. The first-order chi connectivity index (χ1) is 7.29. The van der Waals surface area contributed by atoms with E-state index < -0.39 is 5.54 Å². The van der Waals surface area contributed by atoms with E-state index >= 15 is 0 Å². The summed E-state index contributed by atoms with van der Waals surface area (Å²) in [7, 11) is 1.78. The number of aryl methyl sites for hydroxylation is 1. The summed E-state index contributed by atoms with van der Waals surface area (Å²) in [5.74, 6) is 0.903. The van der Waals surface area contributed by atoms with Gasteiger partial charge < -0.3 is 15.1 Å². The fraction of sp³-hybridized carbons (Fsp3) is 0.583. The number of furan rings is 1. The molecule has 4 nitrogen and oxygen atoms in total. The summed E-state index contributed by atoms with van der Waals surface area (Å²) in [6, 6.07) is 1.88. The van der Waals surface area contributed by atoms with Crippen molar-refractivity contribution in [2.45, 2.75) is 39.3 Å². The molecule has 1 amide bonds. The van der Waals surface area contributed by atoms with Crippen LogP contribution in [-0.2, 0) is 11.3 Å². The van der Waals surface area contributed by atoms with Crippen molar-refractivity contribution in [2.75, 3.05) is 7.05 Å². The summed E-state index contributed by atoms with van der Waals surface area (Å²) in [5, 5.41) is 0. The second-order valence-electron chi connectivity index (χ2n) is 4.92. The predicted molar refractivity (Wildman–Crippen MR) is 62.8 cm³/mol. The van der Waals surface area contributed by atoms with Gasteiger partial charge in [-0.2, -0.15) is 0 Å². The third-order valence-corrected chi connectivity index (χ3v) is 2.41. The molecule has 90 valence electrons. The summed E-state index contributed by atoms with van der Waals surface area (Å²) < 4.78 is 5.18. The first-order valence-electron chi connectivity index (χ1n) is 5.35. The van der Waals surface area contributed by atoms with Gasteiger partial charge >= 0.3 is 0 Å². The summed E-state index contributed by atoms with van der Waals surface area (Å²) in [6.45, 7) is 6.15. The molecule has 0 aliphatic rings. The molecule has 0 aliphatic carbocycles. The third kappa shape index (κ3) is 3.70. The van der Waals surface area contributed by atoms with Crippen LogP contribution in [0.2, 0.25) is 0 Å². The molecule has 0 unspecified atom stereocenters. The zero-order valence-electron chi connectivity index (χ0n) is 10.4. The lowest BCUT2D eigenvalue weighted by Crippen LogP contribution is -2.39. The Bertz CT molecular complexity index is 363. The van der Waals surface area contributed by atoms with Crippen LogP contribution in [0.3, 0.4) is 0 Å². The Kier molecular flexibility index (Phi) is 3.75. The fourth-order valence-corrected chi connectivity index (χ4v) is 1.44. The highest BCUT2D eigenvalue weighted by molar-refractivity contribution is 5.77. The molecule has 0 atom stereocenters. The van der Waals surface area contributed by atoms with Gasteiger partial charge in [-0.15, -0.1) is 0 Å². The second kappa shape index (κ2) is 4.70. The van der Waals surface area contributed by atoms with E-state index in [1.165, 1.54) is 0 Å². The molecule has 1 heterocycles. The van der Waals surface area contributed by atoms with Crippen molar-refractivity contribution in [3.8, 4) is 0 Å². The van der Waals surface area contributed by atoms with Crippen molar-refractivity contribution in [3.05, 3.63) is 23.7 Å². The first kappa shape index (κ1) is 12.8. The number of carbonyl (C=O) groups excluding carboxylic acids is 1. The Morgan fingerprint density at radius 2 is 2.19 bits per heavy atom. The van der Waals surface area contributed by atoms with Gasteiger partial charge in [0.2, 0.25) is 5.91 Å². The molecule has 0 fully saturated rings. The average Bonchev–Trinajstić information content (AvgIpc) is 2.49. The van der Waals surface area contributed by atoms with Crippen LogP contribution in [0.5, 0.6) is 0 Å². The molecule has 16 heavy (non-hydrogen) atoms. The van der Waals surface area contributed by atoms with E-state index in [1.54, 1.807) is 18.2 Å². The van der Waals surface area contributed by atoms with Gasteiger partial charge in [-0.05, 0) is 26.8 Å². The lowest BCUT2D eigenvalue weighted by molar-refractivity contribution is -0.131. The van der Waals surface area contributed by atoms with Gasteiger partial charge in [0.1, 0.15) is 5.76 Å². The summed E-state index contributed by atoms with van der Waals surface area (Å²) in [6.07, 6.45) is 1.98. The molecule has 2 N–H and O–H groups in total. The monoisotopic (exact) mass is 224 g/mol. The maximum Gasteiger partial charge on any atom is 0.224 e. The molecule has 1 aromatic rings. The minimum atomic E-state index is -0.462. The molecule has 1 aromatic heterocycles. The maximum atomic E-state index is 11.8. The van der Waals surface area contributed by atoms with Crippen molar-refractivity contribution in [1.29, 1.82) is 0 Å². The van der Waals surface area contributed by atoms with Crippen LogP contribution in [0.4, 0.5) is 0 Å². The lowest BCUT2D eigenvalue weighted by atomic mass is 10.0. The smallest absolute Gasteiger partial charge is 0.224 e. The van der Waals surface area contributed by atoms with Gasteiger partial charge in [-0.1, -0.05) is 0 Å². The molecule has 0 saturated carbocycles. The van der Waals surface area contributed by atoms with E-state index in [9.17, 15) is 4.79 Å².